The summed E-state index contributed by atoms with van der Waals surface area (Å²) in [7, 11) is 3.22. The Labute approximate surface area is 137 Å². The maximum atomic E-state index is 12.4. The third-order valence-corrected chi connectivity index (χ3v) is 3.80. The molecule has 1 aromatic carbocycles. The van der Waals surface area contributed by atoms with Crippen LogP contribution in [-0.4, -0.2) is 37.4 Å². The molecule has 128 valence electrons. The molecule has 0 unspecified atom stereocenters. The van der Waals surface area contributed by atoms with Gasteiger partial charge in [0.15, 0.2) is 0 Å². The molecule has 23 heavy (non-hydrogen) atoms. The van der Waals surface area contributed by atoms with E-state index >= 15 is 0 Å². The van der Waals surface area contributed by atoms with E-state index in [1.807, 2.05) is 32.9 Å². The fourth-order valence-electron chi connectivity index (χ4n) is 2.75. The molecule has 0 radical (unpaired) electrons. The first-order valence-corrected chi connectivity index (χ1v) is 7.74. The lowest BCUT2D eigenvalue weighted by Gasteiger charge is -2.27. The lowest BCUT2D eigenvalue weighted by molar-refractivity contribution is 0.0234. The number of hydrogen-bond donors (Lipinski definition) is 1. The van der Waals surface area contributed by atoms with Gasteiger partial charge in [0.1, 0.15) is 17.1 Å². The number of nitrogens with two attached hydrogens (primary N) is 1. The minimum absolute atomic E-state index is 0.220. The van der Waals surface area contributed by atoms with Crippen molar-refractivity contribution in [3.05, 3.63) is 23.3 Å². The van der Waals surface area contributed by atoms with E-state index in [0.717, 1.165) is 16.9 Å². The molecule has 0 fully saturated rings. The Bertz CT molecular complexity index is 581. The molecule has 1 aromatic rings. The Hall–Kier alpha value is -1.95. The van der Waals surface area contributed by atoms with Gasteiger partial charge in [0.2, 0.25) is 0 Å². The van der Waals surface area contributed by atoms with Crippen molar-refractivity contribution in [2.24, 2.45) is 5.73 Å². The second-order valence-corrected chi connectivity index (χ2v) is 6.66. The van der Waals surface area contributed by atoms with Crippen LogP contribution >= 0.6 is 0 Å². The molecular formula is C17H26N2O4. The summed E-state index contributed by atoms with van der Waals surface area (Å²) in [6, 6.07) is 3.46. The van der Waals surface area contributed by atoms with Gasteiger partial charge in [-0.05, 0) is 39.3 Å². The Balaban J connectivity index is 2.39. The average Bonchev–Trinajstić information content (AvgIpc) is 2.64. The quantitative estimate of drug-likeness (QED) is 0.906. The van der Waals surface area contributed by atoms with Crippen LogP contribution in [0.5, 0.6) is 11.5 Å². The second-order valence-electron chi connectivity index (χ2n) is 6.66. The molecule has 0 spiro atoms. The van der Waals surface area contributed by atoms with E-state index in [1.54, 1.807) is 19.1 Å². The van der Waals surface area contributed by atoms with Crippen molar-refractivity contribution in [1.29, 1.82) is 0 Å². The SMILES string of the molecule is COc1ccc(OC)c2c1CN(C(=O)OC(C)(C)C)CC[C@@H]2N. The fraction of sp³-hybridized carbons (Fsp3) is 0.588. The minimum Gasteiger partial charge on any atom is -0.496 e. The molecule has 6 heteroatoms. The first kappa shape index (κ1) is 17.4. The zero-order chi connectivity index (χ0) is 17.2. The lowest BCUT2D eigenvalue weighted by Crippen LogP contribution is -2.36. The number of nitrogens with zero attached hydrogens (tertiary/aromatic N) is 1. The fourth-order valence-corrected chi connectivity index (χ4v) is 2.75. The second kappa shape index (κ2) is 6.66. The lowest BCUT2D eigenvalue weighted by atomic mass is 9.98. The summed E-state index contributed by atoms with van der Waals surface area (Å²) < 4.78 is 16.4. The van der Waals surface area contributed by atoms with Crippen molar-refractivity contribution in [3.8, 4) is 11.5 Å². The van der Waals surface area contributed by atoms with Gasteiger partial charge in [0.05, 0.1) is 20.8 Å². The van der Waals surface area contributed by atoms with Gasteiger partial charge in [0.25, 0.3) is 0 Å². The smallest absolute Gasteiger partial charge is 0.410 e. The molecule has 0 saturated carbocycles. The Kier molecular flexibility index (Phi) is 5.04. The maximum Gasteiger partial charge on any atom is 0.410 e. The monoisotopic (exact) mass is 322 g/mol. The van der Waals surface area contributed by atoms with E-state index in [2.05, 4.69) is 0 Å². The van der Waals surface area contributed by atoms with Crippen molar-refractivity contribution >= 4 is 6.09 Å². The summed E-state index contributed by atoms with van der Waals surface area (Å²) in [5.41, 5.74) is 7.57. The molecule has 1 amide bonds. The van der Waals surface area contributed by atoms with Gasteiger partial charge in [-0.2, -0.15) is 0 Å². The molecule has 1 aliphatic rings. The van der Waals surface area contributed by atoms with Gasteiger partial charge in [-0.15, -0.1) is 0 Å². The number of benzene rings is 1. The normalized spacial score (nSPS) is 18.0. The van der Waals surface area contributed by atoms with Crippen molar-refractivity contribution < 1.29 is 19.0 Å². The molecule has 0 bridgehead atoms. The van der Waals surface area contributed by atoms with E-state index in [9.17, 15) is 4.79 Å². The maximum absolute atomic E-state index is 12.4. The molecule has 1 aliphatic heterocycles. The van der Waals surface area contributed by atoms with E-state index in [0.29, 0.717) is 25.3 Å². The summed E-state index contributed by atoms with van der Waals surface area (Å²) in [5.74, 6) is 1.42. The highest BCUT2D eigenvalue weighted by atomic mass is 16.6. The molecule has 1 atom stereocenters. The Morgan fingerprint density at radius 3 is 2.39 bits per heavy atom. The largest absolute Gasteiger partial charge is 0.496 e. The van der Waals surface area contributed by atoms with Crippen LogP contribution in [0.2, 0.25) is 0 Å². The first-order chi connectivity index (χ1) is 10.8. The van der Waals surface area contributed by atoms with Crippen LogP contribution in [0.25, 0.3) is 0 Å². The summed E-state index contributed by atoms with van der Waals surface area (Å²) >= 11 is 0. The zero-order valence-corrected chi connectivity index (χ0v) is 14.5. The summed E-state index contributed by atoms with van der Waals surface area (Å²) in [6.07, 6.45) is 0.290. The third-order valence-electron chi connectivity index (χ3n) is 3.80. The van der Waals surface area contributed by atoms with Gasteiger partial charge in [-0.1, -0.05) is 0 Å². The van der Waals surface area contributed by atoms with Crippen LogP contribution < -0.4 is 15.2 Å². The summed E-state index contributed by atoms with van der Waals surface area (Å²) in [6.45, 7) is 6.47. The standard InChI is InChI=1S/C17H26N2O4/c1-17(2,3)23-16(20)19-9-8-12(18)15-11(10-19)13(21-4)6-7-14(15)22-5/h6-7,12H,8-10,18H2,1-5H3/t12-/m0/s1. The molecule has 2 N–H and O–H groups in total. The number of carbonyl (C=O) groups excluding carboxylic acids is 1. The third kappa shape index (κ3) is 3.88. The number of methoxy groups -OCH3 is 2. The average molecular weight is 322 g/mol. The van der Waals surface area contributed by atoms with E-state index in [4.69, 9.17) is 19.9 Å². The van der Waals surface area contributed by atoms with Gasteiger partial charge >= 0.3 is 6.09 Å². The van der Waals surface area contributed by atoms with Crippen molar-refractivity contribution in [2.45, 2.75) is 45.4 Å². The highest BCUT2D eigenvalue weighted by Gasteiger charge is 2.30. The highest BCUT2D eigenvalue weighted by Crippen LogP contribution is 2.38. The first-order valence-electron chi connectivity index (χ1n) is 7.74. The number of fused-ring (bicyclic) bond motifs is 1. The molecule has 6 nitrogen and oxygen atoms in total. The number of hydrogen-bond acceptors (Lipinski definition) is 5. The van der Waals surface area contributed by atoms with Crippen LogP contribution in [0, 0.1) is 0 Å². The molecule has 0 aliphatic carbocycles. The molecular weight excluding hydrogens is 296 g/mol. The van der Waals surface area contributed by atoms with Gasteiger partial charge in [-0.3, -0.25) is 0 Å². The summed E-state index contributed by atoms with van der Waals surface area (Å²) in [4.78, 5) is 14.1. The Morgan fingerprint density at radius 1 is 1.22 bits per heavy atom. The van der Waals surface area contributed by atoms with Crippen molar-refractivity contribution in [1.82, 2.24) is 4.90 Å². The van der Waals surface area contributed by atoms with E-state index in [-0.39, 0.29) is 12.1 Å². The molecule has 2 rings (SSSR count). The van der Waals surface area contributed by atoms with Crippen LogP contribution in [0.15, 0.2) is 12.1 Å². The zero-order valence-electron chi connectivity index (χ0n) is 14.5. The number of rotatable bonds is 2. The molecule has 1 heterocycles. The van der Waals surface area contributed by atoms with E-state index in [1.165, 1.54) is 0 Å². The topological polar surface area (TPSA) is 74.0 Å². The van der Waals surface area contributed by atoms with Crippen LogP contribution in [0.1, 0.15) is 44.4 Å². The number of carbonyl (C=O) groups is 1. The number of ether oxygens (including phenoxy) is 3. The highest BCUT2D eigenvalue weighted by molar-refractivity contribution is 5.69. The van der Waals surface area contributed by atoms with Gasteiger partial charge in [-0.25, -0.2) is 4.79 Å². The van der Waals surface area contributed by atoms with E-state index < -0.39 is 5.60 Å². The molecule has 0 aromatic heterocycles. The van der Waals surface area contributed by atoms with Crippen LogP contribution in [0.3, 0.4) is 0 Å². The number of amides is 1. The van der Waals surface area contributed by atoms with Crippen molar-refractivity contribution in [2.75, 3.05) is 20.8 Å². The minimum atomic E-state index is -0.535. The Morgan fingerprint density at radius 2 is 1.83 bits per heavy atom. The summed E-state index contributed by atoms with van der Waals surface area (Å²) in [5, 5.41) is 0. The predicted octanol–water partition coefficient (Wildman–Crippen LogP) is 2.84. The van der Waals surface area contributed by atoms with Crippen LogP contribution in [-0.2, 0) is 11.3 Å². The predicted molar refractivity (Wildman–Crippen MR) is 87.7 cm³/mol. The van der Waals surface area contributed by atoms with Crippen LogP contribution in [0.4, 0.5) is 4.79 Å². The van der Waals surface area contributed by atoms with Crippen molar-refractivity contribution in [3.63, 3.8) is 0 Å². The van der Waals surface area contributed by atoms with Gasteiger partial charge < -0.3 is 24.8 Å². The molecule has 0 saturated heterocycles. The van der Waals surface area contributed by atoms with Gasteiger partial charge in [0, 0.05) is 23.7 Å².